The summed E-state index contributed by atoms with van der Waals surface area (Å²) in [5.41, 5.74) is 1.03. The van der Waals surface area contributed by atoms with E-state index in [4.69, 9.17) is 17.7 Å². The minimum Gasteiger partial charge on any atom is -0.478 e. The SMILES string of the molecule is [B]c1ccc(C(=O)O)c2nc(OC)sc12. The van der Waals surface area contributed by atoms with Gasteiger partial charge in [0.2, 0.25) is 0 Å². The number of carbonyl (C=O) groups is 1. The van der Waals surface area contributed by atoms with Crippen LogP contribution < -0.4 is 10.2 Å². The Hall–Kier alpha value is -1.56. The Bertz CT molecular complexity index is 537. The average Bonchev–Trinajstić information content (AvgIpc) is 2.62. The molecule has 2 rings (SSSR count). The molecule has 0 aliphatic rings. The summed E-state index contributed by atoms with van der Waals surface area (Å²) < 4.78 is 5.59. The van der Waals surface area contributed by atoms with Crippen molar-refractivity contribution in [2.45, 2.75) is 0 Å². The van der Waals surface area contributed by atoms with Gasteiger partial charge in [0.05, 0.1) is 22.9 Å². The fourth-order valence-corrected chi connectivity index (χ4v) is 2.10. The van der Waals surface area contributed by atoms with E-state index < -0.39 is 5.97 Å². The first-order valence-corrected chi connectivity index (χ1v) is 4.91. The molecule has 1 aromatic heterocycles. The number of methoxy groups -OCH3 is 1. The lowest BCUT2D eigenvalue weighted by Gasteiger charge is -1.97. The molecule has 0 aliphatic carbocycles. The molecule has 6 heteroatoms. The molecule has 0 bridgehead atoms. The standard InChI is InChI=1S/C9H6BNO3S/c1-14-9-11-6-4(8(12)13)2-3-5(10)7(6)15-9/h2-3H,1H3,(H,12,13). The van der Waals surface area contributed by atoms with Crippen LogP contribution in [0.2, 0.25) is 0 Å². The van der Waals surface area contributed by atoms with Crippen molar-refractivity contribution in [2.75, 3.05) is 7.11 Å². The summed E-state index contributed by atoms with van der Waals surface area (Å²) >= 11 is 1.23. The molecule has 0 aliphatic heterocycles. The van der Waals surface area contributed by atoms with Gasteiger partial charge in [-0.3, -0.25) is 0 Å². The van der Waals surface area contributed by atoms with Crippen LogP contribution in [0.4, 0.5) is 0 Å². The Morgan fingerprint density at radius 3 is 2.93 bits per heavy atom. The zero-order valence-corrected chi connectivity index (χ0v) is 8.67. The molecule has 0 saturated heterocycles. The first kappa shape index (κ1) is 9.98. The van der Waals surface area contributed by atoms with Crippen LogP contribution in [0.1, 0.15) is 10.4 Å². The Balaban J connectivity index is 2.80. The van der Waals surface area contributed by atoms with E-state index in [0.717, 1.165) is 0 Å². The summed E-state index contributed by atoms with van der Waals surface area (Å²) in [6.07, 6.45) is 0. The number of hydrogen-bond donors (Lipinski definition) is 1. The van der Waals surface area contributed by atoms with E-state index in [-0.39, 0.29) is 5.56 Å². The van der Waals surface area contributed by atoms with Gasteiger partial charge >= 0.3 is 5.97 Å². The fraction of sp³-hybridized carbons (Fsp3) is 0.111. The molecule has 2 aromatic rings. The maximum atomic E-state index is 10.9. The molecule has 0 amide bonds. The molecule has 0 unspecified atom stereocenters. The predicted molar refractivity (Wildman–Crippen MR) is 58.5 cm³/mol. The zero-order valence-electron chi connectivity index (χ0n) is 7.85. The van der Waals surface area contributed by atoms with E-state index in [2.05, 4.69) is 4.98 Å². The van der Waals surface area contributed by atoms with Crippen LogP contribution in [-0.2, 0) is 0 Å². The molecule has 1 heterocycles. The minimum absolute atomic E-state index is 0.138. The number of thiazole rings is 1. The van der Waals surface area contributed by atoms with Crippen molar-refractivity contribution in [3.05, 3.63) is 17.7 Å². The van der Waals surface area contributed by atoms with E-state index in [0.29, 0.717) is 20.9 Å². The van der Waals surface area contributed by atoms with Crippen molar-refractivity contribution in [3.8, 4) is 5.19 Å². The molecule has 0 spiro atoms. The van der Waals surface area contributed by atoms with Crippen LogP contribution in [0.25, 0.3) is 10.2 Å². The molecular formula is C9H6BNO3S. The number of aromatic carboxylic acids is 1. The largest absolute Gasteiger partial charge is 0.478 e. The van der Waals surface area contributed by atoms with E-state index in [1.165, 1.54) is 24.5 Å². The molecule has 4 nitrogen and oxygen atoms in total. The second-order valence-corrected chi connectivity index (χ2v) is 3.83. The van der Waals surface area contributed by atoms with Crippen LogP contribution in [0.3, 0.4) is 0 Å². The number of fused-ring (bicyclic) bond motifs is 1. The van der Waals surface area contributed by atoms with Gasteiger partial charge in [0.1, 0.15) is 7.85 Å². The van der Waals surface area contributed by atoms with Crippen molar-refractivity contribution < 1.29 is 14.6 Å². The van der Waals surface area contributed by atoms with Gasteiger partial charge in [-0.05, 0) is 6.07 Å². The predicted octanol–water partition coefficient (Wildman–Crippen LogP) is 0.797. The highest BCUT2D eigenvalue weighted by Gasteiger charge is 2.14. The van der Waals surface area contributed by atoms with Crippen LogP contribution in [0.15, 0.2) is 12.1 Å². The van der Waals surface area contributed by atoms with Crippen LogP contribution in [-0.4, -0.2) is 31.0 Å². The molecule has 74 valence electrons. The first-order valence-electron chi connectivity index (χ1n) is 4.09. The van der Waals surface area contributed by atoms with Gasteiger partial charge in [0.15, 0.2) is 0 Å². The van der Waals surface area contributed by atoms with Crippen molar-refractivity contribution in [1.82, 2.24) is 4.98 Å². The lowest BCUT2D eigenvalue weighted by molar-refractivity contribution is 0.0699. The molecular weight excluding hydrogens is 213 g/mol. The second-order valence-electron chi connectivity index (χ2n) is 2.87. The smallest absolute Gasteiger partial charge is 0.337 e. The molecule has 0 saturated carbocycles. The van der Waals surface area contributed by atoms with Gasteiger partial charge in [-0.2, -0.15) is 0 Å². The lowest BCUT2D eigenvalue weighted by atomic mass is 9.94. The third-order valence-electron chi connectivity index (χ3n) is 1.96. The Labute approximate surface area is 90.9 Å². The summed E-state index contributed by atoms with van der Waals surface area (Å²) in [4.78, 5) is 15.0. The Kier molecular flexibility index (Phi) is 2.36. The first-order chi connectivity index (χ1) is 7.13. The molecule has 0 atom stereocenters. The molecule has 15 heavy (non-hydrogen) atoms. The van der Waals surface area contributed by atoms with Gasteiger partial charge in [0.25, 0.3) is 5.19 Å². The zero-order chi connectivity index (χ0) is 11.0. The topological polar surface area (TPSA) is 59.4 Å². The van der Waals surface area contributed by atoms with E-state index in [1.807, 2.05) is 0 Å². The van der Waals surface area contributed by atoms with Crippen LogP contribution in [0.5, 0.6) is 5.19 Å². The van der Waals surface area contributed by atoms with E-state index in [9.17, 15) is 4.79 Å². The lowest BCUT2D eigenvalue weighted by Crippen LogP contribution is -2.06. The number of carboxylic acid groups (broad SMARTS) is 1. The van der Waals surface area contributed by atoms with Gasteiger partial charge in [-0.15, -0.1) is 0 Å². The van der Waals surface area contributed by atoms with Crippen molar-refractivity contribution >= 4 is 40.8 Å². The molecule has 1 N–H and O–H groups in total. The molecule has 0 fully saturated rings. The van der Waals surface area contributed by atoms with Gasteiger partial charge in [0, 0.05) is 0 Å². The van der Waals surface area contributed by atoms with Gasteiger partial charge in [-0.1, -0.05) is 22.9 Å². The maximum absolute atomic E-state index is 10.9. The average molecular weight is 219 g/mol. The summed E-state index contributed by atoms with van der Waals surface area (Å²) in [5.74, 6) is -1.02. The number of benzene rings is 1. The number of hydrogen-bond acceptors (Lipinski definition) is 4. The number of aromatic nitrogens is 1. The van der Waals surface area contributed by atoms with Crippen LogP contribution in [0, 0.1) is 0 Å². The highest BCUT2D eigenvalue weighted by molar-refractivity contribution is 7.21. The highest BCUT2D eigenvalue weighted by atomic mass is 32.1. The summed E-state index contributed by atoms with van der Waals surface area (Å²) in [6.45, 7) is 0. The third-order valence-corrected chi connectivity index (χ3v) is 3.03. The number of nitrogens with zero attached hydrogens (tertiary/aromatic N) is 1. The highest BCUT2D eigenvalue weighted by Crippen LogP contribution is 2.28. The quantitative estimate of drug-likeness (QED) is 0.758. The number of carboxylic acids is 1. The third kappa shape index (κ3) is 1.57. The Morgan fingerprint density at radius 1 is 1.60 bits per heavy atom. The van der Waals surface area contributed by atoms with Gasteiger partial charge < -0.3 is 9.84 Å². The number of ether oxygens (including phenoxy) is 1. The fourth-order valence-electron chi connectivity index (χ4n) is 1.27. The Morgan fingerprint density at radius 2 is 2.33 bits per heavy atom. The van der Waals surface area contributed by atoms with Crippen molar-refractivity contribution in [3.63, 3.8) is 0 Å². The minimum atomic E-state index is -1.02. The maximum Gasteiger partial charge on any atom is 0.337 e. The van der Waals surface area contributed by atoms with Crippen LogP contribution >= 0.6 is 11.3 Å². The normalized spacial score (nSPS) is 10.5. The summed E-state index contributed by atoms with van der Waals surface area (Å²) in [5, 5.41) is 9.35. The monoisotopic (exact) mass is 219 g/mol. The second kappa shape index (κ2) is 3.54. The number of rotatable bonds is 2. The van der Waals surface area contributed by atoms with Gasteiger partial charge in [-0.25, -0.2) is 9.78 Å². The van der Waals surface area contributed by atoms with E-state index in [1.54, 1.807) is 6.07 Å². The van der Waals surface area contributed by atoms with Crippen molar-refractivity contribution in [1.29, 1.82) is 0 Å². The summed E-state index contributed by atoms with van der Waals surface area (Å²) in [7, 11) is 7.20. The summed E-state index contributed by atoms with van der Waals surface area (Å²) in [6, 6.07) is 3.00. The van der Waals surface area contributed by atoms with Crippen molar-refractivity contribution in [2.24, 2.45) is 0 Å². The molecule has 1 aromatic carbocycles. The molecule has 2 radical (unpaired) electrons. The van der Waals surface area contributed by atoms with E-state index >= 15 is 0 Å².